The predicted octanol–water partition coefficient (Wildman–Crippen LogP) is 1.27. The largest absolute Gasteiger partial charge is 1.00 e. The van der Waals surface area contributed by atoms with Gasteiger partial charge in [0.05, 0.1) is 12.0 Å². The van der Waals surface area contributed by atoms with Gasteiger partial charge >= 0.3 is 68.9 Å². The minimum Gasteiger partial charge on any atom is -0.542 e. The van der Waals surface area contributed by atoms with Gasteiger partial charge in [-0.1, -0.05) is 19.1 Å². The van der Waals surface area contributed by atoms with Gasteiger partial charge in [0.2, 0.25) is 0 Å². The summed E-state index contributed by atoms with van der Waals surface area (Å²) in [5, 5.41) is 0. The zero-order valence-electron chi connectivity index (χ0n) is 14.2. The molecule has 1 unspecified atom stereocenters. The maximum absolute atomic E-state index is 5.97. The molecular weight excluding hydrogens is 429 g/mol. The Morgan fingerprint density at radius 1 is 1.30 bits per heavy atom. The summed E-state index contributed by atoms with van der Waals surface area (Å²) in [6, 6.07) is 8.46. The molecule has 122 valence electrons. The first-order valence-corrected chi connectivity index (χ1v) is 9.24. The van der Waals surface area contributed by atoms with Crippen LogP contribution in [0.15, 0.2) is 24.3 Å². The minimum absolute atomic E-state index is 0. The Morgan fingerprint density at radius 3 is 2.87 bits per heavy atom. The number of thioether (sulfide) groups is 1. The molecule has 23 heavy (non-hydrogen) atoms. The summed E-state index contributed by atoms with van der Waals surface area (Å²) >= 11 is 1.87. The summed E-state index contributed by atoms with van der Waals surface area (Å²) in [6.45, 7) is 6.72. The molecular formula is C18H25CsO3S. The number of benzene rings is 1. The van der Waals surface area contributed by atoms with E-state index in [4.69, 9.17) is 14.2 Å². The smallest absolute Gasteiger partial charge is 0.542 e. The SMILES string of the molecule is C[C@H]1[CH-]OC(SCc2cccc(OCC3CCOCC3)c2)C1.[Cs+]. The molecule has 0 saturated carbocycles. The van der Waals surface area contributed by atoms with Crippen LogP contribution in [0.4, 0.5) is 0 Å². The van der Waals surface area contributed by atoms with Gasteiger partial charge in [-0.05, 0) is 42.9 Å². The molecule has 0 aliphatic carbocycles. The maximum Gasteiger partial charge on any atom is 1.00 e. The fourth-order valence-corrected chi connectivity index (χ4v) is 3.93. The zero-order valence-corrected chi connectivity index (χ0v) is 21.3. The Labute approximate surface area is 203 Å². The van der Waals surface area contributed by atoms with Crippen LogP contribution in [0.1, 0.15) is 31.7 Å². The quantitative estimate of drug-likeness (QED) is 0.606. The monoisotopic (exact) mass is 454 g/mol. The topological polar surface area (TPSA) is 27.7 Å². The van der Waals surface area contributed by atoms with Crippen molar-refractivity contribution in [2.45, 2.75) is 37.4 Å². The van der Waals surface area contributed by atoms with E-state index in [9.17, 15) is 0 Å². The molecule has 0 amide bonds. The molecule has 2 aliphatic heterocycles. The normalized spacial score (nSPS) is 25.1. The standard InChI is InChI=1S/C18H25O3S.Cs/c1-14-9-18(21-11-14)22-13-16-3-2-4-17(10-16)20-12-15-5-7-19-8-6-15;/h2-4,10-11,14-15,18H,5-9,12-13H2,1H3;/q-1;+1/t14-,18?;/m1./s1. The van der Waals surface area contributed by atoms with E-state index in [1.54, 1.807) is 0 Å². The van der Waals surface area contributed by atoms with Crippen LogP contribution >= 0.6 is 11.8 Å². The molecule has 0 aromatic heterocycles. The fourth-order valence-electron chi connectivity index (χ4n) is 2.79. The second kappa shape index (κ2) is 11.1. The van der Waals surface area contributed by atoms with Gasteiger partial charge in [-0.3, -0.25) is 0 Å². The van der Waals surface area contributed by atoms with Gasteiger partial charge < -0.3 is 14.2 Å². The number of ether oxygens (including phenoxy) is 3. The van der Waals surface area contributed by atoms with Crippen LogP contribution < -0.4 is 73.6 Å². The average Bonchev–Trinajstić information content (AvgIpc) is 2.98. The van der Waals surface area contributed by atoms with Gasteiger partial charge in [-0.25, -0.2) is 6.61 Å². The van der Waals surface area contributed by atoms with Crippen LogP contribution in [0.5, 0.6) is 5.75 Å². The van der Waals surface area contributed by atoms with Crippen molar-refractivity contribution in [1.82, 2.24) is 0 Å². The molecule has 5 heteroatoms. The van der Waals surface area contributed by atoms with Crippen LogP contribution in [-0.4, -0.2) is 25.3 Å². The summed E-state index contributed by atoms with van der Waals surface area (Å²) < 4.78 is 17.0. The van der Waals surface area contributed by atoms with Crippen LogP contribution in [-0.2, 0) is 15.2 Å². The molecule has 1 aromatic rings. The molecule has 3 nitrogen and oxygen atoms in total. The van der Waals surface area contributed by atoms with E-state index < -0.39 is 0 Å². The van der Waals surface area contributed by atoms with E-state index in [-0.39, 0.29) is 68.9 Å². The van der Waals surface area contributed by atoms with Crippen molar-refractivity contribution >= 4 is 11.8 Å². The van der Waals surface area contributed by atoms with Crippen molar-refractivity contribution < 1.29 is 83.1 Å². The summed E-state index contributed by atoms with van der Waals surface area (Å²) in [6.07, 6.45) is 3.34. The van der Waals surface area contributed by atoms with Gasteiger partial charge in [-0.2, -0.15) is 0 Å². The molecule has 1 aromatic carbocycles. The Morgan fingerprint density at radius 2 is 2.13 bits per heavy atom. The van der Waals surface area contributed by atoms with E-state index in [0.29, 0.717) is 17.3 Å². The molecule has 2 fully saturated rings. The molecule has 2 atom stereocenters. The Balaban J connectivity index is 0.00000192. The number of rotatable bonds is 6. The van der Waals surface area contributed by atoms with Gasteiger partial charge in [0.25, 0.3) is 0 Å². The van der Waals surface area contributed by atoms with Crippen molar-refractivity contribution in [3.63, 3.8) is 0 Å². The van der Waals surface area contributed by atoms with Crippen LogP contribution in [0, 0.1) is 18.4 Å². The Hall–Kier alpha value is 1.34. The second-order valence-electron chi connectivity index (χ2n) is 6.24. The van der Waals surface area contributed by atoms with E-state index in [0.717, 1.165) is 50.6 Å². The summed E-state index contributed by atoms with van der Waals surface area (Å²) in [5.41, 5.74) is 1.61. The van der Waals surface area contributed by atoms with Crippen molar-refractivity contribution in [1.29, 1.82) is 0 Å². The van der Waals surface area contributed by atoms with Gasteiger partial charge in [-0.15, -0.1) is 17.7 Å². The third-order valence-electron chi connectivity index (χ3n) is 4.19. The fraction of sp³-hybridized carbons (Fsp3) is 0.611. The maximum atomic E-state index is 5.97. The van der Waals surface area contributed by atoms with Crippen LogP contribution in [0.25, 0.3) is 0 Å². The zero-order chi connectivity index (χ0) is 15.2. The summed E-state index contributed by atoms with van der Waals surface area (Å²) in [7, 11) is 0. The molecule has 3 rings (SSSR count). The van der Waals surface area contributed by atoms with E-state index in [1.165, 1.54) is 5.56 Å². The van der Waals surface area contributed by atoms with Crippen LogP contribution in [0.2, 0.25) is 0 Å². The third-order valence-corrected chi connectivity index (χ3v) is 5.36. The first-order chi connectivity index (χ1) is 10.8. The Bertz CT molecular complexity index is 441. The summed E-state index contributed by atoms with van der Waals surface area (Å²) in [4.78, 5) is 0. The molecule has 0 bridgehead atoms. The predicted molar refractivity (Wildman–Crippen MR) is 89.7 cm³/mol. The minimum atomic E-state index is 0. The molecule has 0 N–H and O–H groups in total. The second-order valence-corrected chi connectivity index (χ2v) is 7.39. The third kappa shape index (κ3) is 7.23. The van der Waals surface area contributed by atoms with Gasteiger partial charge in [0.1, 0.15) is 5.75 Å². The first kappa shape index (κ1) is 20.7. The summed E-state index contributed by atoms with van der Waals surface area (Å²) in [5.74, 6) is 3.17. The van der Waals surface area contributed by atoms with E-state index in [1.807, 2.05) is 18.4 Å². The van der Waals surface area contributed by atoms with Gasteiger partial charge in [0, 0.05) is 19.0 Å². The van der Waals surface area contributed by atoms with Gasteiger partial charge in [0.15, 0.2) is 0 Å². The van der Waals surface area contributed by atoms with Crippen LogP contribution in [0.3, 0.4) is 0 Å². The van der Waals surface area contributed by atoms with E-state index >= 15 is 0 Å². The van der Waals surface area contributed by atoms with Crippen molar-refractivity contribution in [2.24, 2.45) is 11.8 Å². The van der Waals surface area contributed by atoms with E-state index in [2.05, 4.69) is 31.2 Å². The molecule has 2 heterocycles. The number of hydrogen-bond donors (Lipinski definition) is 0. The molecule has 0 spiro atoms. The molecule has 2 saturated heterocycles. The first-order valence-electron chi connectivity index (χ1n) is 8.19. The van der Waals surface area contributed by atoms with Crippen molar-refractivity contribution in [2.75, 3.05) is 19.8 Å². The molecule has 2 aliphatic rings. The Kier molecular flexibility index (Phi) is 10.0. The molecule has 0 radical (unpaired) electrons. The number of hydrogen-bond acceptors (Lipinski definition) is 4. The average molecular weight is 454 g/mol. The van der Waals surface area contributed by atoms with Crippen molar-refractivity contribution in [3.05, 3.63) is 36.4 Å². The van der Waals surface area contributed by atoms with Crippen molar-refractivity contribution in [3.8, 4) is 5.75 Å².